The van der Waals surface area contributed by atoms with Crippen molar-refractivity contribution in [3.05, 3.63) is 54.1 Å². The van der Waals surface area contributed by atoms with E-state index in [1.165, 1.54) is 26.4 Å². The lowest BCUT2D eigenvalue weighted by molar-refractivity contribution is -0.119. The van der Waals surface area contributed by atoms with Gasteiger partial charge in [0.2, 0.25) is 10.0 Å². The molecule has 0 atom stereocenters. The predicted molar refractivity (Wildman–Crippen MR) is 102 cm³/mol. The largest absolute Gasteiger partial charge is 0.493 e. The van der Waals surface area contributed by atoms with Gasteiger partial charge in [0.15, 0.2) is 11.5 Å². The fraction of sp³-hybridized carbons (Fsp3) is 0.222. The second kappa shape index (κ2) is 9.15. The topological polar surface area (TPSA) is 106 Å². The van der Waals surface area contributed by atoms with E-state index in [9.17, 15) is 13.2 Å². The number of hydrazone groups is 1. The zero-order valence-corrected chi connectivity index (χ0v) is 16.0. The van der Waals surface area contributed by atoms with Gasteiger partial charge in [-0.3, -0.25) is 4.79 Å². The van der Waals surface area contributed by atoms with Crippen LogP contribution in [0.2, 0.25) is 0 Å². The molecular formula is C18H21N3O5S. The number of methoxy groups -OCH3 is 2. The molecule has 0 aromatic heterocycles. The Labute approximate surface area is 158 Å². The minimum Gasteiger partial charge on any atom is -0.493 e. The summed E-state index contributed by atoms with van der Waals surface area (Å²) in [6, 6.07) is 13.0. The SMILES string of the molecule is COc1ccc(/C(C)=N\NC(=O)CNS(=O)(=O)c2ccccc2)cc1OC. The molecule has 8 nitrogen and oxygen atoms in total. The quantitative estimate of drug-likeness (QED) is 0.524. The van der Waals surface area contributed by atoms with Crippen LogP contribution in [0.5, 0.6) is 11.5 Å². The van der Waals surface area contributed by atoms with Gasteiger partial charge in [-0.2, -0.15) is 5.10 Å². The van der Waals surface area contributed by atoms with E-state index in [0.717, 1.165) is 5.56 Å². The molecule has 2 aromatic carbocycles. The fourth-order valence-electron chi connectivity index (χ4n) is 2.16. The van der Waals surface area contributed by atoms with Gasteiger partial charge in [-0.1, -0.05) is 18.2 Å². The molecular weight excluding hydrogens is 370 g/mol. The Hall–Kier alpha value is -2.91. The van der Waals surface area contributed by atoms with Gasteiger partial charge >= 0.3 is 0 Å². The highest BCUT2D eigenvalue weighted by molar-refractivity contribution is 7.89. The standard InChI is InChI=1S/C18H21N3O5S/c1-13(14-9-10-16(25-2)17(11-14)26-3)20-21-18(22)12-19-27(23,24)15-7-5-4-6-8-15/h4-11,19H,12H2,1-3H3,(H,21,22)/b20-13-. The van der Waals surface area contributed by atoms with Crippen LogP contribution in [0.25, 0.3) is 0 Å². The van der Waals surface area contributed by atoms with E-state index >= 15 is 0 Å². The van der Waals surface area contributed by atoms with Gasteiger partial charge in [-0.25, -0.2) is 18.6 Å². The maximum atomic E-state index is 12.1. The molecule has 27 heavy (non-hydrogen) atoms. The molecule has 0 spiro atoms. The van der Waals surface area contributed by atoms with Crippen LogP contribution in [0.3, 0.4) is 0 Å². The number of amides is 1. The molecule has 144 valence electrons. The first kappa shape index (κ1) is 20.4. The van der Waals surface area contributed by atoms with E-state index in [0.29, 0.717) is 17.2 Å². The lowest BCUT2D eigenvalue weighted by Crippen LogP contribution is -2.35. The molecule has 0 fully saturated rings. The minimum atomic E-state index is -3.75. The first-order chi connectivity index (χ1) is 12.9. The second-order valence-corrected chi connectivity index (χ2v) is 7.21. The van der Waals surface area contributed by atoms with E-state index in [1.807, 2.05) is 0 Å². The molecule has 0 radical (unpaired) electrons. The van der Waals surface area contributed by atoms with Crippen LogP contribution in [-0.4, -0.2) is 40.8 Å². The molecule has 0 aliphatic rings. The summed E-state index contributed by atoms with van der Waals surface area (Å²) in [4.78, 5) is 12.0. The van der Waals surface area contributed by atoms with E-state index < -0.39 is 22.5 Å². The number of nitrogens with zero attached hydrogens (tertiary/aromatic N) is 1. The van der Waals surface area contributed by atoms with E-state index in [1.54, 1.807) is 43.3 Å². The summed E-state index contributed by atoms with van der Waals surface area (Å²) < 4.78 is 36.8. The highest BCUT2D eigenvalue weighted by atomic mass is 32.2. The van der Waals surface area contributed by atoms with Gasteiger partial charge in [0.05, 0.1) is 31.4 Å². The zero-order chi connectivity index (χ0) is 19.9. The van der Waals surface area contributed by atoms with Crippen molar-refractivity contribution >= 4 is 21.6 Å². The van der Waals surface area contributed by atoms with Crippen LogP contribution in [-0.2, 0) is 14.8 Å². The lowest BCUT2D eigenvalue weighted by atomic mass is 10.1. The molecule has 2 rings (SSSR count). The van der Waals surface area contributed by atoms with E-state index in [2.05, 4.69) is 15.2 Å². The number of rotatable bonds is 8. The molecule has 2 aromatic rings. The molecule has 0 heterocycles. The maximum Gasteiger partial charge on any atom is 0.255 e. The Kier molecular flexibility index (Phi) is 6.91. The van der Waals surface area contributed by atoms with Gasteiger partial charge in [-0.05, 0) is 37.3 Å². The molecule has 0 saturated carbocycles. The first-order valence-electron chi connectivity index (χ1n) is 7.97. The summed E-state index contributed by atoms with van der Waals surface area (Å²) in [6.07, 6.45) is 0. The normalized spacial score (nSPS) is 11.7. The van der Waals surface area contributed by atoms with Crippen molar-refractivity contribution in [2.24, 2.45) is 5.10 Å². The monoisotopic (exact) mass is 391 g/mol. The number of sulfonamides is 1. The van der Waals surface area contributed by atoms with E-state index in [-0.39, 0.29) is 4.90 Å². The van der Waals surface area contributed by atoms with Gasteiger partial charge in [0.25, 0.3) is 5.91 Å². The third-order valence-electron chi connectivity index (χ3n) is 3.63. The first-order valence-corrected chi connectivity index (χ1v) is 9.46. The highest BCUT2D eigenvalue weighted by Gasteiger charge is 2.14. The number of ether oxygens (including phenoxy) is 2. The van der Waals surface area contributed by atoms with Crippen LogP contribution in [0.4, 0.5) is 0 Å². The van der Waals surface area contributed by atoms with Gasteiger partial charge < -0.3 is 9.47 Å². The summed E-state index contributed by atoms with van der Waals surface area (Å²) >= 11 is 0. The Morgan fingerprint density at radius 1 is 1.04 bits per heavy atom. The average molecular weight is 391 g/mol. The fourth-order valence-corrected chi connectivity index (χ4v) is 3.16. The predicted octanol–water partition coefficient (Wildman–Crippen LogP) is 1.52. The Balaban J connectivity index is 1.98. The van der Waals surface area contributed by atoms with Crippen molar-refractivity contribution in [1.82, 2.24) is 10.1 Å². The van der Waals surface area contributed by atoms with Crippen LogP contribution < -0.4 is 19.6 Å². The Morgan fingerprint density at radius 3 is 2.33 bits per heavy atom. The van der Waals surface area contributed by atoms with Crippen molar-refractivity contribution in [1.29, 1.82) is 0 Å². The molecule has 0 unspecified atom stereocenters. The van der Waals surface area contributed by atoms with E-state index in [4.69, 9.17) is 9.47 Å². The maximum absolute atomic E-state index is 12.1. The zero-order valence-electron chi connectivity index (χ0n) is 15.2. The third kappa shape index (κ3) is 5.53. The summed E-state index contributed by atoms with van der Waals surface area (Å²) in [5.41, 5.74) is 3.56. The average Bonchev–Trinajstić information content (AvgIpc) is 2.70. The molecule has 0 aliphatic carbocycles. The number of nitrogens with one attached hydrogen (secondary N) is 2. The third-order valence-corrected chi connectivity index (χ3v) is 5.04. The molecule has 1 amide bonds. The molecule has 0 saturated heterocycles. The molecule has 0 aliphatic heterocycles. The lowest BCUT2D eigenvalue weighted by Gasteiger charge is -2.09. The minimum absolute atomic E-state index is 0.0859. The number of carbonyl (C=O) groups is 1. The molecule has 0 bridgehead atoms. The van der Waals surface area contributed by atoms with Gasteiger partial charge in [0.1, 0.15) is 0 Å². The smallest absolute Gasteiger partial charge is 0.255 e. The van der Waals surface area contributed by atoms with Crippen LogP contribution >= 0.6 is 0 Å². The molecule has 2 N–H and O–H groups in total. The number of hydrogen-bond acceptors (Lipinski definition) is 6. The summed E-state index contributed by atoms with van der Waals surface area (Å²) in [6.45, 7) is 1.27. The van der Waals surface area contributed by atoms with Crippen LogP contribution in [0.15, 0.2) is 58.5 Å². The summed E-state index contributed by atoms with van der Waals surface area (Å²) in [7, 11) is -0.693. The van der Waals surface area contributed by atoms with Crippen LogP contribution in [0, 0.1) is 0 Å². The van der Waals surface area contributed by atoms with Crippen LogP contribution in [0.1, 0.15) is 12.5 Å². The van der Waals surface area contributed by atoms with Crippen molar-refractivity contribution in [2.45, 2.75) is 11.8 Å². The summed E-state index contributed by atoms with van der Waals surface area (Å²) in [5.74, 6) is 0.522. The van der Waals surface area contributed by atoms with Crippen molar-refractivity contribution < 1.29 is 22.7 Å². The highest BCUT2D eigenvalue weighted by Crippen LogP contribution is 2.27. The number of benzene rings is 2. The Morgan fingerprint density at radius 2 is 1.70 bits per heavy atom. The van der Waals surface area contributed by atoms with Crippen molar-refractivity contribution in [3.63, 3.8) is 0 Å². The van der Waals surface area contributed by atoms with Crippen molar-refractivity contribution in [3.8, 4) is 11.5 Å². The second-order valence-electron chi connectivity index (χ2n) is 5.44. The van der Waals surface area contributed by atoms with Gasteiger partial charge in [0, 0.05) is 5.56 Å². The summed E-state index contributed by atoms with van der Waals surface area (Å²) in [5, 5.41) is 3.98. The molecule has 9 heteroatoms. The number of carbonyl (C=O) groups excluding carboxylic acids is 1. The number of hydrogen-bond donors (Lipinski definition) is 2. The van der Waals surface area contributed by atoms with Gasteiger partial charge in [-0.15, -0.1) is 0 Å². The van der Waals surface area contributed by atoms with Crippen molar-refractivity contribution in [2.75, 3.05) is 20.8 Å². The Bertz CT molecular complexity index is 927.